The van der Waals surface area contributed by atoms with E-state index in [9.17, 15) is 19.7 Å². The highest BCUT2D eigenvalue weighted by Crippen LogP contribution is 2.36. The number of benzene rings is 3. The summed E-state index contributed by atoms with van der Waals surface area (Å²) in [7, 11) is 1.30. The average Bonchev–Trinajstić information content (AvgIpc) is 2.81. The highest BCUT2D eigenvalue weighted by atomic mass is 16.6. The van der Waals surface area contributed by atoms with E-state index in [0.717, 1.165) is 5.56 Å². The molecule has 0 unspecified atom stereocenters. The van der Waals surface area contributed by atoms with Gasteiger partial charge >= 0.3 is 5.69 Å². The number of nitrogens with one attached hydrogen (secondary N) is 1. The van der Waals surface area contributed by atoms with E-state index < -0.39 is 10.8 Å². The largest absolute Gasteiger partial charge is 0.490 e. The summed E-state index contributed by atoms with van der Waals surface area (Å²) in [6.45, 7) is 0.307. The number of ether oxygens (including phenoxy) is 2. The van der Waals surface area contributed by atoms with E-state index in [1.807, 2.05) is 30.3 Å². The topological polar surface area (TPSA) is 111 Å². The lowest BCUT2D eigenvalue weighted by Gasteiger charge is -2.30. The van der Waals surface area contributed by atoms with Crippen molar-refractivity contribution in [2.45, 2.75) is 6.54 Å². The first-order chi connectivity index (χ1) is 15.5. The summed E-state index contributed by atoms with van der Waals surface area (Å²) < 4.78 is 10.6. The second-order valence-electron chi connectivity index (χ2n) is 7.03. The van der Waals surface area contributed by atoms with Crippen molar-refractivity contribution in [1.29, 1.82) is 0 Å². The molecule has 0 saturated carbocycles. The molecule has 0 aliphatic carbocycles. The van der Waals surface area contributed by atoms with E-state index in [-0.39, 0.29) is 29.5 Å². The van der Waals surface area contributed by atoms with Crippen molar-refractivity contribution in [3.8, 4) is 11.5 Å². The number of carbonyl (C=O) groups excluding carboxylic acids is 2. The van der Waals surface area contributed by atoms with Crippen LogP contribution in [0.25, 0.3) is 0 Å². The van der Waals surface area contributed by atoms with E-state index in [2.05, 4.69) is 5.32 Å². The molecule has 162 valence electrons. The molecule has 1 N–H and O–H groups in total. The smallest absolute Gasteiger partial charge is 0.310 e. The second kappa shape index (κ2) is 8.76. The number of nitro benzene ring substituents is 1. The van der Waals surface area contributed by atoms with Gasteiger partial charge in [-0.25, -0.2) is 0 Å². The average molecular weight is 433 g/mol. The molecule has 0 bridgehead atoms. The van der Waals surface area contributed by atoms with E-state index in [4.69, 9.17) is 9.47 Å². The monoisotopic (exact) mass is 433 g/mol. The predicted molar refractivity (Wildman–Crippen MR) is 117 cm³/mol. The first kappa shape index (κ1) is 20.9. The summed E-state index contributed by atoms with van der Waals surface area (Å²) in [5.41, 5.74) is 1.91. The Morgan fingerprint density at radius 2 is 1.94 bits per heavy atom. The van der Waals surface area contributed by atoms with Gasteiger partial charge < -0.3 is 19.7 Å². The van der Waals surface area contributed by atoms with Gasteiger partial charge in [-0.1, -0.05) is 30.3 Å². The number of carbonyl (C=O) groups is 2. The zero-order valence-electron chi connectivity index (χ0n) is 17.1. The third-order valence-electron chi connectivity index (χ3n) is 4.98. The Hall–Kier alpha value is -4.40. The molecule has 3 aromatic carbocycles. The number of fused-ring (bicyclic) bond motifs is 1. The van der Waals surface area contributed by atoms with Gasteiger partial charge in [0, 0.05) is 23.4 Å². The fraction of sp³-hybridized carbons (Fsp3) is 0.130. The molecule has 2 amide bonds. The number of nitrogens with zero attached hydrogens (tertiary/aromatic N) is 2. The van der Waals surface area contributed by atoms with Crippen LogP contribution in [0.4, 0.5) is 17.1 Å². The lowest BCUT2D eigenvalue weighted by molar-refractivity contribution is -0.385. The molecule has 9 nitrogen and oxygen atoms in total. The Bertz CT molecular complexity index is 1200. The van der Waals surface area contributed by atoms with Crippen molar-refractivity contribution in [3.05, 3.63) is 88.0 Å². The maximum Gasteiger partial charge on any atom is 0.310 e. The number of hydrogen-bond donors (Lipinski definition) is 1. The summed E-state index contributed by atoms with van der Waals surface area (Å²) in [6, 6.07) is 18.4. The number of hydrogen-bond acceptors (Lipinski definition) is 6. The third-order valence-corrected chi connectivity index (χ3v) is 4.98. The van der Waals surface area contributed by atoms with Gasteiger partial charge in [0.15, 0.2) is 12.4 Å². The van der Waals surface area contributed by atoms with E-state index in [1.54, 1.807) is 23.1 Å². The number of methoxy groups -OCH3 is 1. The lowest BCUT2D eigenvalue weighted by Crippen LogP contribution is -2.38. The molecule has 0 saturated heterocycles. The molecule has 1 heterocycles. The van der Waals surface area contributed by atoms with Gasteiger partial charge in [-0.2, -0.15) is 0 Å². The molecule has 1 aliphatic rings. The van der Waals surface area contributed by atoms with Crippen molar-refractivity contribution in [3.63, 3.8) is 0 Å². The normalized spacial score (nSPS) is 12.5. The van der Waals surface area contributed by atoms with Gasteiger partial charge in [0.1, 0.15) is 5.75 Å². The van der Waals surface area contributed by atoms with E-state index in [1.165, 1.54) is 25.3 Å². The Morgan fingerprint density at radius 3 is 2.66 bits per heavy atom. The molecule has 3 aromatic rings. The summed E-state index contributed by atoms with van der Waals surface area (Å²) in [5.74, 6) is -0.141. The molecule has 0 radical (unpaired) electrons. The molecule has 9 heteroatoms. The highest BCUT2D eigenvalue weighted by Gasteiger charge is 2.26. The minimum absolute atomic E-state index is 0.0128. The van der Waals surface area contributed by atoms with Crippen LogP contribution in [-0.4, -0.2) is 30.5 Å². The Kier molecular flexibility index (Phi) is 5.71. The van der Waals surface area contributed by atoms with Crippen LogP contribution in [0.3, 0.4) is 0 Å². The number of rotatable bonds is 6. The highest BCUT2D eigenvalue weighted by molar-refractivity contribution is 6.06. The van der Waals surface area contributed by atoms with Crippen LogP contribution >= 0.6 is 0 Å². The number of amides is 2. The fourth-order valence-electron chi connectivity index (χ4n) is 3.39. The Labute approximate surface area is 183 Å². The van der Waals surface area contributed by atoms with Gasteiger partial charge in [-0.3, -0.25) is 19.7 Å². The molecule has 0 aromatic heterocycles. The Balaban J connectivity index is 1.59. The lowest BCUT2D eigenvalue weighted by atomic mass is 10.1. The van der Waals surface area contributed by atoms with Crippen LogP contribution in [0.1, 0.15) is 15.9 Å². The van der Waals surface area contributed by atoms with Crippen molar-refractivity contribution < 1.29 is 24.0 Å². The molecular formula is C23H19N3O6. The summed E-state index contributed by atoms with van der Waals surface area (Å²) in [4.78, 5) is 37.3. The SMILES string of the molecule is COc1cc(C(=O)Nc2ccc3c(c2)N(Cc2ccccc2)C(=O)CO3)ccc1[N+](=O)[O-]. The molecule has 0 fully saturated rings. The van der Waals surface area contributed by atoms with Gasteiger partial charge in [0.2, 0.25) is 0 Å². The van der Waals surface area contributed by atoms with Gasteiger partial charge in [0.05, 0.1) is 24.3 Å². The molecular weight excluding hydrogens is 414 g/mol. The third kappa shape index (κ3) is 4.22. The van der Waals surface area contributed by atoms with Gasteiger partial charge in [-0.05, 0) is 29.8 Å². The van der Waals surface area contributed by atoms with Gasteiger partial charge in [0.25, 0.3) is 11.8 Å². The predicted octanol–water partition coefficient (Wildman–Crippen LogP) is 3.78. The molecule has 4 rings (SSSR count). The quantitative estimate of drug-likeness (QED) is 0.468. The molecule has 0 atom stereocenters. The first-order valence-electron chi connectivity index (χ1n) is 9.71. The number of anilines is 2. The number of nitro groups is 1. The minimum Gasteiger partial charge on any atom is -0.490 e. The van der Waals surface area contributed by atoms with Crippen LogP contribution < -0.4 is 19.7 Å². The molecule has 0 spiro atoms. The van der Waals surface area contributed by atoms with Crippen LogP contribution in [0, 0.1) is 10.1 Å². The van der Waals surface area contributed by atoms with Crippen LogP contribution in [-0.2, 0) is 11.3 Å². The maximum atomic E-state index is 12.7. The molecule has 32 heavy (non-hydrogen) atoms. The van der Waals surface area contributed by atoms with Crippen molar-refractivity contribution in [2.24, 2.45) is 0 Å². The van der Waals surface area contributed by atoms with Crippen molar-refractivity contribution >= 4 is 28.9 Å². The standard InChI is InChI=1S/C23H19N3O6/c1-31-21-11-16(7-9-18(21)26(29)30)23(28)24-17-8-10-20-19(12-17)25(22(27)14-32-20)13-15-5-3-2-4-6-15/h2-12H,13-14H2,1H3,(H,24,28). The Morgan fingerprint density at radius 1 is 1.16 bits per heavy atom. The van der Waals surface area contributed by atoms with Crippen LogP contribution in [0.15, 0.2) is 66.7 Å². The summed E-state index contributed by atoms with van der Waals surface area (Å²) >= 11 is 0. The zero-order chi connectivity index (χ0) is 22.7. The van der Waals surface area contributed by atoms with Crippen molar-refractivity contribution in [2.75, 3.05) is 23.9 Å². The van der Waals surface area contributed by atoms with Gasteiger partial charge in [-0.15, -0.1) is 0 Å². The van der Waals surface area contributed by atoms with E-state index >= 15 is 0 Å². The van der Waals surface area contributed by atoms with Crippen LogP contribution in [0.5, 0.6) is 11.5 Å². The summed E-state index contributed by atoms with van der Waals surface area (Å²) in [6.07, 6.45) is 0. The zero-order valence-corrected chi connectivity index (χ0v) is 17.1. The minimum atomic E-state index is -0.581. The first-order valence-corrected chi connectivity index (χ1v) is 9.71. The van der Waals surface area contributed by atoms with Crippen LogP contribution in [0.2, 0.25) is 0 Å². The van der Waals surface area contributed by atoms with Crippen molar-refractivity contribution in [1.82, 2.24) is 0 Å². The second-order valence-corrected chi connectivity index (χ2v) is 7.03. The molecule has 1 aliphatic heterocycles. The fourth-order valence-corrected chi connectivity index (χ4v) is 3.39. The van der Waals surface area contributed by atoms with E-state index in [0.29, 0.717) is 23.7 Å². The maximum absolute atomic E-state index is 12.7. The summed E-state index contributed by atoms with van der Waals surface area (Å²) in [5, 5.41) is 13.8.